The molecule has 0 saturated carbocycles. The number of rotatable bonds is 9. The Morgan fingerprint density at radius 3 is 2.58 bits per heavy atom. The summed E-state index contributed by atoms with van der Waals surface area (Å²) in [6, 6.07) is 22.7. The molecule has 3 aromatic carbocycles. The van der Waals surface area contributed by atoms with Crippen LogP contribution >= 0.6 is 0 Å². The minimum absolute atomic E-state index is 0.00728. The van der Waals surface area contributed by atoms with E-state index < -0.39 is 0 Å². The lowest BCUT2D eigenvalue weighted by Gasteiger charge is -2.27. The molecule has 0 spiro atoms. The molecule has 170 valence electrons. The second kappa shape index (κ2) is 10.3. The number of ether oxygens (including phenoxy) is 1. The maximum atomic E-state index is 13.0. The first kappa shape index (κ1) is 22.6. The SMILES string of the molecule is CCOCCCN1C(=O)c2ccccc2C1Nc1cccc(C(=O)Nc2ccc(C)cc2)c1. The zero-order valence-corrected chi connectivity index (χ0v) is 19.0. The Hall–Kier alpha value is -3.64. The number of nitrogens with one attached hydrogen (secondary N) is 2. The van der Waals surface area contributed by atoms with E-state index in [1.165, 1.54) is 0 Å². The molecule has 0 fully saturated rings. The third kappa shape index (κ3) is 5.23. The van der Waals surface area contributed by atoms with Gasteiger partial charge in [-0.2, -0.15) is 0 Å². The van der Waals surface area contributed by atoms with E-state index >= 15 is 0 Å². The molecule has 0 radical (unpaired) electrons. The molecule has 1 aliphatic rings. The van der Waals surface area contributed by atoms with E-state index in [0.29, 0.717) is 30.9 Å². The highest BCUT2D eigenvalue weighted by molar-refractivity contribution is 6.05. The van der Waals surface area contributed by atoms with Gasteiger partial charge in [0.15, 0.2) is 0 Å². The van der Waals surface area contributed by atoms with Crippen LogP contribution in [-0.4, -0.2) is 36.5 Å². The van der Waals surface area contributed by atoms with Gasteiger partial charge < -0.3 is 20.3 Å². The van der Waals surface area contributed by atoms with Gasteiger partial charge in [0.1, 0.15) is 6.17 Å². The Morgan fingerprint density at radius 1 is 1.00 bits per heavy atom. The van der Waals surface area contributed by atoms with Crippen molar-refractivity contribution in [2.45, 2.75) is 26.4 Å². The lowest BCUT2D eigenvalue weighted by molar-refractivity contribution is 0.0708. The number of anilines is 2. The van der Waals surface area contributed by atoms with Gasteiger partial charge in [0.25, 0.3) is 11.8 Å². The van der Waals surface area contributed by atoms with Crippen molar-refractivity contribution < 1.29 is 14.3 Å². The predicted molar refractivity (Wildman–Crippen MR) is 131 cm³/mol. The van der Waals surface area contributed by atoms with Crippen LogP contribution in [0.1, 0.15) is 51.4 Å². The van der Waals surface area contributed by atoms with Crippen molar-refractivity contribution in [1.82, 2.24) is 4.90 Å². The van der Waals surface area contributed by atoms with Gasteiger partial charge >= 0.3 is 0 Å². The molecule has 0 bridgehead atoms. The van der Waals surface area contributed by atoms with Crippen molar-refractivity contribution in [3.63, 3.8) is 0 Å². The first-order valence-electron chi connectivity index (χ1n) is 11.3. The smallest absolute Gasteiger partial charge is 0.256 e. The molecule has 1 heterocycles. The van der Waals surface area contributed by atoms with Crippen molar-refractivity contribution in [3.05, 3.63) is 95.1 Å². The molecule has 1 unspecified atom stereocenters. The van der Waals surface area contributed by atoms with E-state index in [1.54, 1.807) is 6.07 Å². The minimum Gasteiger partial charge on any atom is -0.382 e. The zero-order valence-electron chi connectivity index (χ0n) is 19.0. The molecule has 2 amide bonds. The van der Waals surface area contributed by atoms with Crippen LogP contribution in [0.3, 0.4) is 0 Å². The molecule has 6 heteroatoms. The van der Waals surface area contributed by atoms with Gasteiger partial charge in [-0.25, -0.2) is 0 Å². The average Bonchev–Trinajstić information content (AvgIpc) is 3.09. The van der Waals surface area contributed by atoms with E-state index in [-0.39, 0.29) is 18.0 Å². The average molecular weight is 444 g/mol. The second-order valence-electron chi connectivity index (χ2n) is 8.08. The number of carbonyl (C=O) groups excluding carboxylic acids is 2. The summed E-state index contributed by atoms with van der Waals surface area (Å²) in [5.74, 6) is -0.174. The summed E-state index contributed by atoms with van der Waals surface area (Å²) in [4.78, 5) is 27.7. The Kier molecular flexibility index (Phi) is 7.05. The molecular weight excluding hydrogens is 414 g/mol. The Balaban J connectivity index is 1.52. The van der Waals surface area contributed by atoms with Crippen molar-refractivity contribution >= 4 is 23.2 Å². The third-order valence-electron chi connectivity index (χ3n) is 5.69. The fraction of sp³-hybridized carbons (Fsp3) is 0.259. The Morgan fingerprint density at radius 2 is 1.79 bits per heavy atom. The maximum absolute atomic E-state index is 13.0. The lowest BCUT2D eigenvalue weighted by atomic mass is 10.1. The normalized spacial score (nSPS) is 14.8. The number of aryl methyl sites for hydroxylation is 1. The highest BCUT2D eigenvalue weighted by Gasteiger charge is 2.36. The summed E-state index contributed by atoms with van der Waals surface area (Å²) in [6.45, 7) is 5.82. The Bertz CT molecular complexity index is 1130. The fourth-order valence-electron chi connectivity index (χ4n) is 3.99. The second-order valence-corrected chi connectivity index (χ2v) is 8.08. The summed E-state index contributed by atoms with van der Waals surface area (Å²) in [5, 5.41) is 6.40. The highest BCUT2D eigenvalue weighted by Crippen LogP contribution is 2.34. The van der Waals surface area contributed by atoms with Crippen LogP contribution in [0.5, 0.6) is 0 Å². The molecule has 1 atom stereocenters. The molecule has 1 aliphatic heterocycles. The summed E-state index contributed by atoms with van der Waals surface area (Å²) >= 11 is 0. The van der Waals surface area contributed by atoms with Gasteiger partial charge in [0.05, 0.1) is 0 Å². The third-order valence-corrected chi connectivity index (χ3v) is 5.69. The van der Waals surface area contributed by atoms with Gasteiger partial charge in [0, 0.05) is 47.8 Å². The largest absolute Gasteiger partial charge is 0.382 e. The van der Waals surface area contributed by atoms with Crippen LogP contribution in [0.25, 0.3) is 0 Å². The first-order chi connectivity index (χ1) is 16.1. The monoisotopic (exact) mass is 443 g/mol. The van der Waals surface area contributed by atoms with Gasteiger partial charge in [0.2, 0.25) is 0 Å². The summed E-state index contributed by atoms with van der Waals surface area (Å²) < 4.78 is 5.45. The van der Waals surface area contributed by atoms with Gasteiger partial charge in [-0.3, -0.25) is 9.59 Å². The van der Waals surface area contributed by atoms with Crippen molar-refractivity contribution in [2.24, 2.45) is 0 Å². The first-order valence-corrected chi connectivity index (χ1v) is 11.3. The molecule has 3 aromatic rings. The van der Waals surface area contributed by atoms with Crippen LogP contribution in [0.4, 0.5) is 11.4 Å². The van der Waals surface area contributed by atoms with Crippen molar-refractivity contribution in [3.8, 4) is 0 Å². The number of benzene rings is 3. The highest BCUT2D eigenvalue weighted by atomic mass is 16.5. The van der Waals surface area contributed by atoms with Gasteiger partial charge in [-0.15, -0.1) is 0 Å². The quantitative estimate of drug-likeness (QED) is 0.444. The number of fused-ring (bicyclic) bond motifs is 1. The topological polar surface area (TPSA) is 70.7 Å². The van der Waals surface area contributed by atoms with Gasteiger partial charge in [-0.05, 0) is 56.7 Å². The van der Waals surface area contributed by atoms with Crippen LogP contribution in [-0.2, 0) is 4.74 Å². The van der Waals surface area contributed by atoms with E-state index in [2.05, 4.69) is 10.6 Å². The number of amides is 2. The molecule has 0 aromatic heterocycles. The standard InChI is InChI=1S/C27H29N3O3/c1-3-33-17-7-16-30-25(23-10-4-5-11-24(23)27(30)32)28-22-9-6-8-20(18-22)26(31)29-21-14-12-19(2)13-15-21/h4-6,8-15,18,25,28H,3,7,16-17H2,1-2H3,(H,29,31). The molecule has 4 rings (SSSR count). The number of nitrogens with zero attached hydrogens (tertiary/aromatic N) is 1. The minimum atomic E-state index is -0.300. The number of hydrogen-bond donors (Lipinski definition) is 2. The maximum Gasteiger partial charge on any atom is 0.256 e. The van der Waals surface area contributed by atoms with E-state index in [4.69, 9.17) is 4.74 Å². The lowest BCUT2D eigenvalue weighted by Crippen LogP contribution is -2.33. The molecule has 33 heavy (non-hydrogen) atoms. The Labute approximate surface area is 194 Å². The van der Waals surface area contributed by atoms with Crippen molar-refractivity contribution in [2.75, 3.05) is 30.4 Å². The number of hydrogen-bond acceptors (Lipinski definition) is 4. The summed E-state index contributed by atoms with van der Waals surface area (Å²) in [6.07, 6.45) is 0.454. The van der Waals surface area contributed by atoms with Crippen LogP contribution < -0.4 is 10.6 Å². The van der Waals surface area contributed by atoms with E-state index in [0.717, 1.165) is 28.9 Å². The summed E-state index contributed by atoms with van der Waals surface area (Å²) in [7, 11) is 0. The van der Waals surface area contributed by atoms with Gasteiger partial charge in [-0.1, -0.05) is 42.0 Å². The molecule has 6 nitrogen and oxygen atoms in total. The predicted octanol–water partition coefficient (Wildman–Crippen LogP) is 5.24. The van der Waals surface area contributed by atoms with E-state index in [1.807, 2.05) is 85.5 Å². The molecule has 0 saturated heterocycles. The number of carbonyl (C=O) groups is 2. The van der Waals surface area contributed by atoms with Crippen molar-refractivity contribution in [1.29, 1.82) is 0 Å². The van der Waals surface area contributed by atoms with E-state index in [9.17, 15) is 9.59 Å². The van der Waals surface area contributed by atoms with Crippen LogP contribution in [0.2, 0.25) is 0 Å². The molecule has 0 aliphatic carbocycles. The molecule has 2 N–H and O–H groups in total. The summed E-state index contributed by atoms with van der Waals surface area (Å²) in [5.41, 5.74) is 4.85. The van der Waals surface area contributed by atoms with Crippen LogP contribution in [0, 0.1) is 6.92 Å². The van der Waals surface area contributed by atoms with Crippen LogP contribution in [0.15, 0.2) is 72.8 Å². The fourth-order valence-corrected chi connectivity index (χ4v) is 3.99. The molecular formula is C27H29N3O3. The zero-order chi connectivity index (χ0) is 23.2.